The lowest BCUT2D eigenvalue weighted by Gasteiger charge is -2.34. The number of hydrogen-bond donors (Lipinski definition) is 1. The molecular weight excluding hydrogens is 224 g/mol. The number of benzene rings is 1. The fraction of sp³-hybridized carbons (Fsp3) is 0.600. The first-order valence-electron chi connectivity index (χ1n) is 6.92. The highest BCUT2D eigenvalue weighted by molar-refractivity contribution is 5.48. The molecule has 1 heterocycles. The Bertz CT molecular complexity index is 359. The first kappa shape index (κ1) is 13.4. The molecule has 3 nitrogen and oxygen atoms in total. The van der Waals surface area contributed by atoms with Crippen molar-refractivity contribution in [2.75, 3.05) is 24.6 Å². The topological polar surface area (TPSA) is 38.5 Å². The molecule has 0 saturated carbocycles. The minimum Gasteiger partial charge on any atom is -0.377 e. The highest BCUT2D eigenvalue weighted by atomic mass is 16.5. The maximum Gasteiger partial charge on any atom is 0.0750 e. The van der Waals surface area contributed by atoms with Gasteiger partial charge in [-0.3, -0.25) is 0 Å². The molecule has 1 saturated heterocycles. The molecule has 0 bridgehead atoms. The smallest absolute Gasteiger partial charge is 0.0750 e. The van der Waals surface area contributed by atoms with Crippen LogP contribution in [0.3, 0.4) is 0 Å². The molecule has 1 aromatic rings. The third-order valence-corrected chi connectivity index (χ3v) is 3.56. The minimum absolute atomic E-state index is 0.108. The van der Waals surface area contributed by atoms with Gasteiger partial charge >= 0.3 is 0 Å². The van der Waals surface area contributed by atoms with E-state index in [9.17, 15) is 0 Å². The molecule has 0 aliphatic carbocycles. The molecule has 1 aliphatic rings. The Morgan fingerprint density at radius 2 is 2.11 bits per heavy atom. The summed E-state index contributed by atoms with van der Waals surface area (Å²) in [6, 6.07) is 8.71. The van der Waals surface area contributed by atoms with Crippen LogP contribution in [-0.2, 0) is 4.74 Å². The summed E-state index contributed by atoms with van der Waals surface area (Å²) < 4.78 is 5.73. The van der Waals surface area contributed by atoms with Crippen molar-refractivity contribution in [3.05, 3.63) is 29.8 Å². The lowest BCUT2D eigenvalue weighted by Crippen LogP contribution is -2.39. The van der Waals surface area contributed by atoms with E-state index in [-0.39, 0.29) is 6.04 Å². The van der Waals surface area contributed by atoms with Gasteiger partial charge in [-0.05, 0) is 44.4 Å². The van der Waals surface area contributed by atoms with Gasteiger partial charge in [-0.2, -0.15) is 0 Å². The van der Waals surface area contributed by atoms with Gasteiger partial charge in [0.1, 0.15) is 0 Å². The summed E-state index contributed by atoms with van der Waals surface area (Å²) in [5.41, 5.74) is 8.34. The number of ether oxygens (including phenoxy) is 1. The van der Waals surface area contributed by atoms with Gasteiger partial charge in [0, 0.05) is 31.4 Å². The molecule has 2 atom stereocenters. The Labute approximate surface area is 110 Å². The van der Waals surface area contributed by atoms with E-state index in [0.29, 0.717) is 6.10 Å². The first-order valence-corrected chi connectivity index (χ1v) is 6.92. The summed E-state index contributed by atoms with van der Waals surface area (Å²) in [5.74, 6) is 0. The summed E-state index contributed by atoms with van der Waals surface area (Å²) in [6.07, 6.45) is 2.78. The average Bonchev–Trinajstić information content (AvgIpc) is 2.39. The lowest BCUT2D eigenvalue weighted by atomic mass is 10.1. The van der Waals surface area contributed by atoms with E-state index in [2.05, 4.69) is 36.1 Å². The third kappa shape index (κ3) is 3.24. The van der Waals surface area contributed by atoms with Crippen LogP contribution in [0.1, 0.15) is 38.3 Å². The zero-order chi connectivity index (χ0) is 13.0. The van der Waals surface area contributed by atoms with E-state index in [4.69, 9.17) is 10.5 Å². The Hall–Kier alpha value is -1.06. The van der Waals surface area contributed by atoms with E-state index in [1.165, 1.54) is 24.1 Å². The van der Waals surface area contributed by atoms with Crippen LogP contribution in [0.2, 0.25) is 0 Å². The monoisotopic (exact) mass is 248 g/mol. The lowest BCUT2D eigenvalue weighted by molar-refractivity contribution is 0.0527. The Morgan fingerprint density at radius 3 is 2.72 bits per heavy atom. The largest absolute Gasteiger partial charge is 0.377 e. The Kier molecular flexibility index (Phi) is 4.61. The number of rotatable bonds is 4. The Balaban J connectivity index is 2.02. The van der Waals surface area contributed by atoms with Crippen LogP contribution < -0.4 is 10.6 Å². The minimum atomic E-state index is 0.108. The molecule has 0 amide bonds. The molecule has 1 fully saturated rings. The van der Waals surface area contributed by atoms with Crippen LogP contribution in [-0.4, -0.2) is 25.8 Å². The fourth-order valence-electron chi connectivity index (χ4n) is 2.53. The molecule has 100 valence electrons. The SMILES string of the molecule is CCOC1CCCN(c2ccc(C(C)N)cc2)C1. The van der Waals surface area contributed by atoms with Crippen molar-refractivity contribution in [1.82, 2.24) is 0 Å². The highest BCUT2D eigenvalue weighted by Gasteiger charge is 2.20. The van der Waals surface area contributed by atoms with Crippen LogP contribution in [0.15, 0.2) is 24.3 Å². The highest BCUT2D eigenvalue weighted by Crippen LogP contribution is 2.23. The van der Waals surface area contributed by atoms with Crippen molar-refractivity contribution in [2.45, 2.75) is 38.8 Å². The van der Waals surface area contributed by atoms with Gasteiger partial charge in [0.2, 0.25) is 0 Å². The summed E-state index contributed by atoms with van der Waals surface area (Å²) >= 11 is 0. The van der Waals surface area contributed by atoms with Gasteiger partial charge in [0.15, 0.2) is 0 Å². The number of piperidine rings is 1. The molecular formula is C15H24N2O. The molecule has 2 rings (SSSR count). The predicted octanol–water partition coefficient (Wildman–Crippen LogP) is 2.71. The van der Waals surface area contributed by atoms with Gasteiger partial charge < -0.3 is 15.4 Å². The second-order valence-corrected chi connectivity index (χ2v) is 5.05. The summed E-state index contributed by atoms with van der Waals surface area (Å²) in [4.78, 5) is 2.41. The first-order chi connectivity index (χ1) is 8.70. The standard InChI is InChI=1S/C15H24N2O/c1-3-18-15-5-4-10-17(11-15)14-8-6-13(7-9-14)12(2)16/h6-9,12,15H,3-5,10-11,16H2,1-2H3. The second-order valence-electron chi connectivity index (χ2n) is 5.05. The molecule has 18 heavy (non-hydrogen) atoms. The van der Waals surface area contributed by atoms with E-state index in [1.807, 2.05) is 6.92 Å². The second kappa shape index (κ2) is 6.21. The van der Waals surface area contributed by atoms with Crippen molar-refractivity contribution in [1.29, 1.82) is 0 Å². The molecule has 1 aromatic carbocycles. The van der Waals surface area contributed by atoms with Crippen LogP contribution in [0.25, 0.3) is 0 Å². The summed E-state index contributed by atoms with van der Waals surface area (Å²) in [6.45, 7) is 7.02. The summed E-state index contributed by atoms with van der Waals surface area (Å²) in [7, 11) is 0. The number of anilines is 1. The van der Waals surface area contributed by atoms with Gasteiger partial charge in [0.05, 0.1) is 6.10 Å². The van der Waals surface area contributed by atoms with E-state index in [1.54, 1.807) is 0 Å². The van der Waals surface area contributed by atoms with Crippen LogP contribution in [0.5, 0.6) is 0 Å². The van der Waals surface area contributed by atoms with Crippen LogP contribution in [0, 0.1) is 0 Å². The van der Waals surface area contributed by atoms with Crippen molar-refractivity contribution < 1.29 is 4.74 Å². The molecule has 1 aliphatic heterocycles. The fourth-order valence-corrected chi connectivity index (χ4v) is 2.53. The van der Waals surface area contributed by atoms with E-state index < -0.39 is 0 Å². The molecule has 2 N–H and O–H groups in total. The molecule has 0 aromatic heterocycles. The van der Waals surface area contributed by atoms with Crippen molar-refractivity contribution in [3.8, 4) is 0 Å². The van der Waals surface area contributed by atoms with Gasteiger partial charge in [-0.25, -0.2) is 0 Å². The quantitative estimate of drug-likeness (QED) is 0.890. The Morgan fingerprint density at radius 1 is 1.39 bits per heavy atom. The molecule has 2 unspecified atom stereocenters. The normalized spacial score (nSPS) is 21.9. The number of nitrogens with zero attached hydrogens (tertiary/aromatic N) is 1. The van der Waals surface area contributed by atoms with Crippen molar-refractivity contribution >= 4 is 5.69 Å². The zero-order valence-electron chi connectivity index (χ0n) is 11.4. The number of nitrogens with two attached hydrogens (primary N) is 1. The van der Waals surface area contributed by atoms with Gasteiger partial charge in [-0.15, -0.1) is 0 Å². The van der Waals surface area contributed by atoms with Gasteiger partial charge in [0.25, 0.3) is 0 Å². The molecule has 3 heteroatoms. The molecule has 0 spiro atoms. The van der Waals surface area contributed by atoms with Crippen molar-refractivity contribution in [2.24, 2.45) is 5.73 Å². The maximum absolute atomic E-state index is 5.87. The average molecular weight is 248 g/mol. The predicted molar refractivity (Wildman–Crippen MR) is 75.9 cm³/mol. The molecule has 0 radical (unpaired) electrons. The summed E-state index contributed by atoms with van der Waals surface area (Å²) in [5, 5.41) is 0. The number of hydrogen-bond acceptors (Lipinski definition) is 3. The van der Waals surface area contributed by atoms with Crippen LogP contribution >= 0.6 is 0 Å². The maximum atomic E-state index is 5.87. The van der Waals surface area contributed by atoms with Gasteiger partial charge in [-0.1, -0.05) is 12.1 Å². The third-order valence-electron chi connectivity index (χ3n) is 3.56. The zero-order valence-corrected chi connectivity index (χ0v) is 11.4. The van der Waals surface area contributed by atoms with Crippen molar-refractivity contribution in [3.63, 3.8) is 0 Å². The van der Waals surface area contributed by atoms with Crippen LogP contribution in [0.4, 0.5) is 5.69 Å². The van der Waals surface area contributed by atoms with E-state index in [0.717, 1.165) is 19.7 Å². The van der Waals surface area contributed by atoms with E-state index >= 15 is 0 Å².